The summed E-state index contributed by atoms with van der Waals surface area (Å²) in [6, 6.07) is 9.03. The summed E-state index contributed by atoms with van der Waals surface area (Å²) in [6.45, 7) is 2.99. The third-order valence-electron chi connectivity index (χ3n) is 8.14. The molecule has 2 heterocycles. The first kappa shape index (κ1) is 37.0. The average molecular weight is 736 g/mol. The Kier molecular flexibility index (Phi) is 10.4. The lowest BCUT2D eigenvalue weighted by molar-refractivity contribution is -0.145. The lowest BCUT2D eigenvalue weighted by Gasteiger charge is -2.18. The minimum atomic E-state index is -4.48. The zero-order chi connectivity index (χ0) is 38.0. The van der Waals surface area contributed by atoms with Gasteiger partial charge in [-0.05, 0) is 68.7 Å². The van der Waals surface area contributed by atoms with Crippen LogP contribution in [0.1, 0.15) is 41.3 Å². The van der Waals surface area contributed by atoms with Gasteiger partial charge >= 0.3 is 11.7 Å². The number of amides is 2. The Morgan fingerprint density at radius 2 is 1.77 bits per heavy atom. The van der Waals surface area contributed by atoms with Crippen molar-refractivity contribution in [1.82, 2.24) is 19.4 Å². The van der Waals surface area contributed by atoms with Crippen LogP contribution >= 0.6 is 0 Å². The fourth-order valence-corrected chi connectivity index (χ4v) is 6.15. The number of benzene rings is 2. The summed E-state index contributed by atoms with van der Waals surface area (Å²) in [4.78, 5) is 67.1. The number of aromatic nitrogens is 3. The summed E-state index contributed by atoms with van der Waals surface area (Å²) in [6.07, 6.45) is 3.25. The van der Waals surface area contributed by atoms with Gasteiger partial charge in [-0.15, -0.1) is 0 Å². The molecule has 18 heteroatoms. The number of halogens is 2. The summed E-state index contributed by atoms with van der Waals surface area (Å²) < 4.78 is 65.3. The molecule has 0 aliphatic heterocycles. The Morgan fingerprint density at radius 3 is 2.37 bits per heavy atom. The number of rotatable bonds is 12. The topological polar surface area (TPSA) is 211 Å². The Bertz CT molecular complexity index is 2320. The van der Waals surface area contributed by atoms with Gasteiger partial charge < -0.3 is 19.9 Å². The zero-order valence-electron chi connectivity index (χ0n) is 27.9. The highest BCUT2D eigenvalue weighted by Gasteiger charge is 2.50. The average Bonchev–Trinajstić information content (AvgIpc) is 3.91. The van der Waals surface area contributed by atoms with E-state index in [1.54, 1.807) is 0 Å². The number of anilines is 2. The molecule has 0 radical (unpaired) electrons. The Hall–Kier alpha value is -6.22. The summed E-state index contributed by atoms with van der Waals surface area (Å²) in [7, 11) is -3.01. The predicted molar refractivity (Wildman–Crippen MR) is 181 cm³/mol. The molecule has 2 aromatic heterocycles. The molecule has 1 saturated carbocycles. The van der Waals surface area contributed by atoms with Crippen LogP contribution in [0.5, 0.6) is 0 Å². The van der Waals surface area contributed by atoms with Crippen LogP contribution < -0.4 is 26.6 Å². The molecule has 2 amide bonds. The number of carbonyl (C=O) groups is 3. The number of nitrogens with zero attached hydrogens (tertiary/aromatic N) is 4. The van der Waals surface area contributed by atoms with Gasteiger partial charge in [-0.25, -0.2) is 36.3 Å². The van der Waals surface area contributed by atoms with E-state index in [4.69, 9.17) is 10.00 Å². The van der Waals surface area contributed by atoms with Crippen molar-refractivity contribution in [2.75, 3.05) is 16.6 Å². The maximum atomic E-state index is 15.2. The Balaban J connectivity index is 1.30. The van der Waals surface area contributed by atoms with Gasteiger partial charge in [-0.1, -0.05) is 6.07 Å². The van der Waals surface area contributed by atoms with Gasteiger partial charge in [0.15, 0.2) is 0 Å². The molecule has 1 fully saturated rings. The number of hydrogen-bond acceptors (Lipinski definition) is 10. The normalized spacial score (nSPS) is 13.7. The standard InChI is InChI=1S/C34H31F2N7O8S/c1-4-51-31(46)27(13-20-5-10-28(38-16-20)43-30(45)19(2)17-42(3)33(43)48)40-29(44)23-14-25(36)26(15-24(23)35)41-52(49,50)22-8-6-21(7-9-22)39-32(47)34(18-37)11-12-34/h5-10,14-17,27,41H,4,11-13H2,1-3H3,(H,39,47)(H,40,44)/t27-/m0/s1. The molecule has 2 aromatic carbocycles. The lowest BCUT2D eigenvalue weighted by atomic mass is 10.1. The minimum absolute atomic E-state index is 0.00640. The molecule has 3 N–H and O–H groups in total. The van der Waals surface area contributed by atoms with Crippen LogP contribution in [0.3, 0.4) is 0 Å². The zero-order valence-corrected chi connectivity index (χ0v) is 28.7. The highest BCUT2D eigenvalue weighted by Crippen LogP contribution is 2.45. The van der Waals surface area contributed by atoms with E-state index < -0.39 is 73.4 Å². The first-order chi connectivity index (χ1) is 24.6. The van der Waals surface area contributed by atoms with E-state index in [-0.39, 0.29) is 29.4 Å². The first-order valence-corrected chi connectivity index (χ1v) is 17.1. The molecule has 0 spiro atoms. The van der Waals surface area contributed by atoms with E-state index >= 15 is 8.78 Å². The lowest BCUT2D eigenvalue weighted by Crippen LogP contribution is -2.43. The molecule has 1 aliphatic rings. The van der Waals surface area contributed by atoms with Crippen molar-refractivity contribution in [3.63, 3.8) is 0 Å². The molecule has 52 heavy (non-hydrogen) atoms. The van der Waals surface area contributed by atoms with Crippen LogP contribution in [0.4, 0.5) is 20.2 Å². The van der Waals surface area contributed by atoms with Gasteiger partial charge in [0.05, 0.1) is 28.8 Å². The number of nitriles is 1. The second kappa shape index (κ2) is 14.6. The number of aryl methyl sites for hydroxylation is 2. The fourth-order valence-electron chi connectivity index (χ4n) is 5.09. The number of pyridine rings is 1. The van der Waals surface area contributed by atoms with Gasteiger partial charge in [-0.3, -0.25) is 19.1 Å². The van der Waals surface area contributed by atoms with Crippen molar-refractivity contribution in [3.05, 3.63) is 110 Å². The molecule has 0 bridgehead atoms. The SMILES string of the molecule is CCOC(=O)[C@H](Cc1ccc(-n2c(=O)c(C)cn(C)c2=O)nc1)NC(=O)c1cc(F)c(NS(=O)(=O)c2ccc(NC(=O)C3(C#N)CC3)cc2)cc1F. The van der Waals surface area contributed by atoms with Gasteiger partial charge in [0.1, 0.15) is 28.9 Å². The number of ether oxygens (including phenoxy) is 1. The molecule has 1 aliphatic carbocycles. The van der Waals surface area contributed by atoms with Crippen molar-refractivity contribution < 1.29 is 36.3 Å². The minimum Gasteiger partial charge on any atom is -0.464 e. The van der Waals surface area contributed by atoms with Crippen molar-refractivity contribution in [3.8, 4) is 11.9 Å². The first-order valence-electron chi connectivity index (χ1n) is 15.7. The summed E-state index contributed by atoms with van der Waals surface area (Å²) >= 11 is 0. The van der Waals surface area contributed by atoms with Crippen molar-refractivity contribution in [2.45, 2.75) is 44.0 Å². The molecule has 0 saturated heterocycles. The molecular formula is C34H31F2N7O8S. The monoisotopic (exact) mass is 735 g/mol. The van der Waals surface area contributed by atoms with Gasteiger partial charge in [0.2, 0.25) is 5.91 Å². The summed E-state index contributed by atoms with van der Waals surface area (Å²) in [5.41, 5.74) is -3.11. The molecule has 1 atom stereocenters. The van der Waals surface area contributed by atoms with Gasteiger partial charge in [-0.2, -0.15) is 5.26 Å². The number of sulfonamides is 1. The molecular weight excluding hydrogens is 704 g/mol. The Morgan fingerprint density at radius 1 is 1.08 bits per heavy atom. The van der Waals surface area contributed by atoms with Crippen molar-refractivity contribution in [1.29, 1.82) is 5.26 Å². The molecule has 4 aromatic rings. The molecule has 15 nitrogen and oxygen atoms in total. The van der Waals surface area contributed by atoms with E-state index in [2.05, 4.69) is 15.6 Å². The molecule has 0 unspecified atom stereocenters. The number of nitrogens with one attached hydrogen (secondary N) is 3. The van der Waals surface area contributed by atoms with Crippen LogP contribution in [0, 0.1) is 35.3 Å². The quantitative estimate of drug-likeness (QED) is 0.181. The summed E-state index contributed by atoms with van der Waals surface area (Å²) in [5.74, 6) is -5.26. The molecule has 5 rings (SSSR count). The van der Waals surface area contributed by atoms with Crippen LogP contribution in [-0.2, 0) is 37.8 Å². The highest BCUT2D eigenvalue weighted by molar-refractivity contribution is 7.92. The van der Waals surface area contributed by atoms with E-state index in [0.717, 1.165) is 16.7 Å². The maximum absolute atomic E-state index is 15.2. The van der Waals surface area contributed by atoms with Crippen LogP contribution in [0.2, 0.25) is 0 Å². The van der Waals surface area contributed by atoms with Crippen molar-refractivity contribution >= 4 is 39.2 Å². The van der Waals surface area contributed by atoms with Gasteiger partial charge in [0.25, 0.3) is 21.5 Å². The fraction of sp³-hybridized carbons (Fsp3) is 0.265. The van der Waals surface area contributed by atoms with E-state index in [1.165, 1.54) is 62.1 Å². The third kappa shape index (κ3) is 7.73. The number of carbonyl (C=O) groups excluding carboxylic acids is 3. The molecule has 270 valence electrons. The Labute approximate surface area is 294 Å². The van der Waals surface area contributed by atoms with Crippen LogP contribution in [-0.4, -0.2) is 53.0 Å². The second-order valence-electron chi connectivity index (χ2n) is 11.9. The van der Waals surface area contributed by atoms with E-state index in [0.29, 0.717) is 36.1 Å². The largest absolute Gasteiger partial charge is 0.464 e. The third-order valence-corrected chi connectivity index (χ3v) is 9.52. The second-order valence-corrected chi connectivity index (χ2v) is 13.6. The number of esters is 1. The van der Waals surface area contributed by atoms with Crippen molar-refractivity contribution in [2.24, 2.45) is 12.5 Å². The smallest absolute Gasteiger partial charge is 0.336 e. The van der Waals surface area contributed by atoms with E-state index in [9.17, 15) is 32.4 Å². The van der Waals surface area contributed by atoms with Gasteiger partial charge in [0, 0.05) is 43.2 Å². The van der Waals surface area contributed by atoms with Crippen LogP contribution in [0.25, 0.3) is 5.82 Å². The summed E-state index contributed by atoms with van der Waals surface area (Å²) in [5, 5.41) is 14.0. The van der Waals surface area contributed by atoms with Crippen LogP contribution in [0.15, 0.2) is 75.4 Å². The maximum Gasteiger partial charge on any atom is 0.336 e. The highest BCUT2D eigenvalue weighted by atomic mass is 32.2. The number of hydrogen-bond donors (Lipinski definition) is 3. The van der Waals surface area contributed by atoms with E-state index in [1.807, 2.05) is 10.8 Å². The predicted octanol–water partition coefficient (Wildman–Crippen LogP) is 2.47.